The standard InChI is InChI=1S/C53H43N5/c1-5-15-36(16-6-1)37-25-31-44(32-26-37)50-54-47(40-18-7-2-8-19-40)35-48(55-50)41-29-27-39(28-30-41)46-34-33-38-17-13-14-24-45(38)49(46)53-57-51(42-20-9-3-10-21-42)56-52(58-53)43-22-11-4-12-23-43/h1-35,48,50-51,53-55,57H,(H,56,58). The van der Waals surface area contributed by atoms with Gasteiger partial charge in [-0.2, -0.15) is 0 Å². The Balaban J connectivity index is 1.02. The second-order valence-electron chi connectivity index (χ2n) is 14.9. The molecule has 4 unspecified atom stereocenters. The second-order valence-corrected chi connectivity index (χ2v) is 14.9. The van der Waals surface area contributed by atoms with Crippen molar-refractivity contribution in [1.29, 1.82) is 0 Å². The molecule has 0 spiro atoms. The van der Waals surface area contributed by atoms with Gasteiger partial charge in [-0.1, -0.05) is 206 Å². The number of aliphatic imine (C=N–C) groups is 1. The molecule has 0 amide bonds. The third-order valence-electron chi connectivity index (χ3n) is 11.3. The number of nitrogens with zero attached hydrogens (tertiary/aromatic N) is 1. The summed E-state index contributed by atoms with van der Waals surface area (Å²) < 4.78 is 0. The topological polar surface area (TPSA) is 60.5 Å². The lowest BCUT2D eigenvalue weighted by atomic mass is 9.90. The summed E-state index contributed by atoms with van der Waals surface area (Å²) in [5.74, 6) is 0.870. The Labute approximate surface area is 339 Å². The third-order valence-corrected chi connectivity index (χ3v) is 11.3. The van der Waals surface area contributed by atoms with Crippen LogP contribution < -0.4 is 21.3 Å². The molecule has 8 aromatic rings. The summed E-state index contributed by atoms with van der Waals surface area (Å²) in [6.07, 6.45) is 1.79. The molecule has 10 rings (SSSR count). The van der Waals surface area contributed by atoms with E-state index in [0.717, 1.165) is 44.9 Å². The van der Waals surface area contributed by atoms with Gasteiger partial charge >= 0.3 is 0 Å². The van der Waals surface area contributed by atoms with E-state index in [0.29, 0.717) is 0 Å². The Morgan fingerprint density at radius 1 is 0.379 bits per heavy atom. The fraction of sp³-hybridized carbons (Fsp3) is 0.0755. The average molecular weight is 750 g/mol. The second kappa shape index (κ2) is 15.8. The van der Waals surface area contributed by atoms with Gasteiger partial charge in [0.1, 0.15) is 24.3 Å². The minimum Gasteiger partial charge on any atom is -0.366 e. The minimum atomic E-state index is -0.307. The molecule has 2 heterocycles. The number of fused-ring (bicyclic) bond motifs is 1. The van der Waals surface area contributed by atoms with E-state index in [2.05, 4.69) is 228 Å². The van der Waals surface area contributed by atoms with Crippen molar-refractivity contribution >= 4 is 22.3 Å². The van der Waals surface area contributed by atoms with Gasteiger partial charge in [0.15, 0.2) is 0 Å². The lowest BCUT2D eigenvalue weighted by molar-refractivity contribution is 0.411. The molecule has 0 radical (unpaired) electrons. The van der Waals surface area contributed by atoms with Crippen molar-refractivity contribution in [2.45, 2.75) is 24.5 Å². The fourth-order valence-electron chi connectivity index (χ4n) is 8.29. The van der Waals surface area contributed by atoms with Crippen LogP contribution in [0.4, 0.5) is 0 Å². The quantitative estimate of drug-likeness (QED) is 0.125. The summed E-state index contributed by atoms with van der Waals surface area (Å²) in [6, 6.07) is 73.2. The summed E-state index contributed by atoms with van der Waals surface area (Å²) in [7, 11) is 0. The zero-order chi connectivity index (χ0) is 38.7. The Kier molecular flexibility index (Phi) is 9.65. The summed E-state index contributed by atoms with van der Waals surface area (Å²) in [5.41, 5.74) is 12.7. The first kappa shape index (κ1) is 35.4. The minimum absolute atomic E-state index is 0.0175. The Bertz CT molecular complexity index is 2710. The molecule has 4 atom stereocenters. The molecular formula is C53H43N5. The molecule has 4 N–H and O–H groups in total. The van der Waals surface area contributed by atoms with E-state index < -0.39 is 0 Å². The molecule has 0 bridgehead atoms. The lowest BCUT2D eigenvalue weighted by Gasteiger charge is -2.34. The lowest BCUT2D eigenvalue weighted by Crippen LogP contribution is -2.45. The number of rotatable bonds is 8. The number of hydrogen-bond donors (Lipinski definition) is 4. The largest absolute Gasteiger partial charge is 0.366 e. The van der Waals surface area contributed by atoms with E-state index in [1.54, 1.807) is 0 Å². The Hall–Kier alpha value is -7.05. The highest BCUT2D eigenvalue weighted by Crippen LogP contribution is 2.39. The first-order valence-electron chi connectivity index (χ1n) is 20.0. The first-order chi connectivity index (χ1) is 28.7. The third kappa shape index (κ3) is 7.21. The van der Waals surface area contributed by atoms with Crippen molar-refractivity contribution in [2.24, 2.45) is 4.99 Å². The smallest absolute Gasteiger partial charge is 0.131 e. The molecule has 5 nitrogen and oxygen atoms in total. The maximum absolute atomic E-state index is 5.39. The van der Waals surface area contributed by atoms with Gasteiger partial charge in [0.05, 0.1) is 6.04 Å². The molecule has 2 aliphatic rings. The maximum atomic E-state index is 5.39. The van der Waals surface area contributed by atoms with Gasteiger partial charge < -0.3 is 10.6 Å². The summed E-state index contributed by atoms with van der Waals surface area (Å²) in [4.78, 5) is 5.39. The van der Waals surface area contributed by atoms with Gasteiger partial charge in [-0.05, 0) is 61.4 Å². The van der Waals surface area contributed by atoms with E-state index in [1.807, 2.05) is 6.07 Å². The molecule has 280 valence electrons. The number of nitrogens with one attached hydrogen (secondary N) is 4. The van der Waals surface area contributed by atoms with Crippen LogP contribution in [0.25, 0.3) is 38.7 Å². The van der Waals surface area contributed by atoms with E-state index in [1.165, 1.54) is 33.0 Å². The van der Waals surface area contributed by atoms with Crippen LogP contribution in [0.2, 0.25) is 0 Å². The number of hydrogen-bond acceptors (Lipinski definition) is 5. The molecular weight excluding hydrogens is 707 g/mol. The maximum Gasteiger partial charge on any atom is 0.131 e. The predicted molar refractivity (Wildman–Crippen MR) is 239 cm³/mol. The SMILES string of the molecule is C1=C(c2ccccc2)NC(c2ccc(-c3ccccc3)cc2)NC1c1ccc(-c2ccc3ccccc3c2C2N=C(c3ccccc3)NC(c3ccccc3)N2)cc1. The molecule has 0 saturated heterocycles. The van der Waals surface area contributed by atoms with E-state index >= 15 is 0 Å². The molecule has 5 heteroatoms. The average Bonchev–Trinajstić information content (AvgIpc) is 3.32. The van der Waals surface area contributed by atoms with Gasteiger partial charge in [-0.15, -0.1) is 0 Å². The van der Waals surface area contributed by atoms with Gasteiger partial charge in [0.2, 0.25) is 0 Å². The normalized spacial score (nSPS) is 19.0. The van der Waals surface area contributed by atoms with Crippen LogP contribution in [-0.2, 0) is 0 Å². The van der Waals surface area contributed by atoms with Crippen LogP contribution in [0, 0.1) is 0 Å². The monoisotopic (exact) mass is 749 g/mol. The zero-order valence-electron chi connectivity index (χ0n) is 32.0. The first-order valence-corrected chi connectivity index (χ1v) is 20.0. The highest BCUT2D eigenvalue weighted by atomic mass is 15.3. The van der Waals surface area contributed by atoms with Crippen LogP contribution in [-0.4, -0.2) is 5.84 Å². The van der Waals surface area contributed by atoms with Crippen LogP contribution in [0.1, 0.15) is 57.9 Å². The molecule has 0 aromatic heterocycles. The molecule has 58 heavy (non-hydrogen) atoms. The van der Waals surface area contributed by atoms with Crippen LogP contribution >= 0.6 is 0 Å². The predicted octanol–water partition coefficient (Wildman–Crippen LogP) is 11.5. The summed E-state index contributed by atoms with van der Waals surface area (Å²) in [5, 5.41) is 17.7. The highest BCUT2D eigenvalue weighted by Gasteiger charge is 2.29. The Morgan fingerprint density at radius 2 is 0.914 bits per heavy atom. The van der Waals surface area contributed by atoms with E-state index in [-0.39, 0.29) is 24.5 Å². The molecule has 0 saturated carbocycles. The molecule has 0 fully saturated rings. The van der Waals surface area contributed by atoms with Gasteiger partial charge in [0, 0.05) is 16.8 Å². The van der Waals surface area contributed by atoms with E-state index in [4.69, 9.17) is 4.99 Å². The van der Waals surface area contributed by atoms with Gasteiger partial charge in [-0.25, -0.2) is 4.99 Å². The summed E-state index contributed by atoms with van der Waals surface area (Å²) >= 11 is 0. The highest BCUT2D eigenvalue weighted by molar-refractivity contribution is 6.00. The zero-order valence-corrected chi connectivity index (χ0v) is 32.0. The summed E-state index contributed by atoms with van der Waals surface area (Å²) in [6.45, 7) is 0. The molecule has 0 aliphatic carbocycles. The van der Waals surface area contributed by atoms with E-state index in [9.17, 15) is 0 Å². The van der Waals surface area contributed by atoms with Crippen LogP contribution in [0.15, 0.2) is 217 Å². The Morgan fingerprint density at radius 3 is 1.62 bits per heavy atom. The number of benzene rings is 8. The van der Waals surface area contributed by atoms with Crippen molar-refractivity contribution in [2.75, 3.05) is 0 Å². The van der Waals surface area contributed by atoms with Crippen molar-refractivity contribution in [3.8, 4) is 22.3 Å². The fourth-order valence-corrected chi connectivity index (χ4v) is 8.29. The van der Waals surface area contributed by atoms with Gasteiger partial charge in [-0.3, -0.25) is 10.6 Å². The molecule has 8 aromatic carbocycles. The van der Waals surface area contributed by atoms with Crippen molar-refractivity contribution < 1.29 is 0 Å². The van der Waals surface area contributed by atoms with Gasteiger partial charge in [0.25, 0.3) is 0 Å². The van der Waals surface area contributed by atoms with Crippen LogP contribution in [0.3, 0.4) is 0 Å². The molecule has 2 aliphatic heterocycles. The van der Waals surface area contributed by atoms with Crippen molar-refractivity contribution in [3.63, 3.8) is 0 Å². The van der Waals surface area contributed by atoms with Crippen molar-refractivity contribution in [3.05, 3.63) is 246 Å². The van der Waals surface area contributed by atoms with Crippen molar-refractivity contribution in [1.82, 2.24) is 21.3 Å². The number of amidine groups is 1. The van der Waals surface area contributed by atoms with Crippen LogP contribution in [0.5, 0.6) is 0 Å².